The van der Waals surface area contributed by atoms with E-state index in [4.69, 9.17) is 0 Å². The smallest absolute Gasteiger partial charge is 0.286 e. The lowest BCUT2D eigenvalue weighted by Gasteiger charge is -2.17. The zero-order chi connectivity index (χ0) is 20.6. The molecule has 0 bridgehead atoms. The van der Waals surface area contributed by atoms with Crippen molar-refractivity contribution < 1.29 is 9.59 Å². The lowest BCUT2D eigenvalue weighted by atomic mass is 10.2. The Morgan fingerprint density at radius 3 is 2.55 bits per heavy atom. The van der Waals surface area contributed by atoms with E-state index in [0.29, 0.717) is 22.8 Å². The van der Waals surface area contributed by atoms with E-state index in [1.165, 1.54) is 16.9 Å². The summed E-state index contributed by atoms with van der Waals surface area (Å²) in [5.74, 6) is -0.517. The summed E-state index contributed by atoms with van der Waals surface area (Å²) in [6.07, 6.45) is 0. The largest absolute Gasteiger partial charge is 0.351 e. The van der Waals surface area contributed by atoms with Gasteiger partial charge in [-0.2, -0.15) is 0 Å². The van der Waals surface area contributed by atoms with E-state index in [2.05, 4.69) is 37.9 Å². The maximum absolute atomic E-state index is 12.4. The van der Waals surface area contributed by atoms with Gasteiger partial charge in [0.2, 0.25) is 5.01 Å². The summed E-state index contributed by atoms with van der Waals surface area (Å²) in [5.41, 5.74) is 2.26. The van der Waals surface area contributed by atoms with Crippen LogP contribution in [0, 0.1) is 6.92 Å². The van der Waals surface area contributed by atoms with Crippen molar-refractivity contribution >= 4 is 28.8 Å². The zero-order valence-corrected chi connectivity index (χ0v) is 17.2. The van der Waals surface area contributed by atoms with Crippen LogP contribution >= 0.6 is 11.3 Å². The molecule has 3 rings (SSSR count). The second-order valence-electron chi connectivity index (χ2n) is 6.64. The first-order valence-corrected chi connectivity index (χ1v) is 10.0. The highest BCUT2D eigenvalue weighted by Gasteiger charge is 2.13. The number of amides is 2. The number of benzene rings is 2. The maximum Gasteiger partial charge on any atom is 0.286 e. The molecule has 0 saturated heterocycles. The number of rotatable bonds is 8. The Balaban J connectivity index is 1.49. The van der Waals surface area contributed by atoms with Gasteiger partial charge in [-0.05, 0) is 37.7 Å². The van der Waals surface area contributed by atoms with Crippen LogP contribution in [0.4, 0.5) is 5.69 Å². The van der Waals surface area contributed by atoms with Gasteiger partial charge in [0.15, 0.2) is 0 Å². The number of hydrogen-bond donors (Lipinski definition) is 2. The lowest BCUT2D eigenvalue weighted by Crippen LogP contribution is -2.32. The third-order valence-electron chi connectivity index (χ3n) is 4.18. The van der Waals surface area contributed by atoms with Crippen LogP contribution in [-0.2, 0) is 6.54 Å². The van der Waals surface area contributed by atoms with E-state index >= 15 is 0 Å². The predicted octanol–water partition coefficient (Wildman–Crippen LogP) is 2.96. The third-order valence-corrected chi connectivity index (χ3v) is 5.01. The second kappa shape index (κ2) is 9.90. The Morgan fingerprint density at radius 1 is 1.03 bits per heavy atom. The molecule has 0 unspecified atom stereocenters. The summed E-state index contributed by atoms with van der Waals surface area (Å²) in [4.78, 5) is 26.8. The summed E-state index contributed by atoms with van der Waals surface area (Å²) in [6, 6.07) is 17.0. The van der Waals surface area contributed by atoms with Crippen molar-refractivity contribution in [2.24, 2.45) is 0 Å². The van der Waals surface area contributed by atoms with Crippen molar-refractivity contribution in [1.29, 1.82) is 0 Å². The van der Waals surface area contributed by atoms with Gasteiger partial charge in [0.25, 0.3) is 11.8 Å². The topological polar surface area (TPSA) is 87.2 Å². The minimum absolute atomic E-state index is 0.180. The first-order valence-electron chi connectivity index (χ1n) is 9.23. The van der Waals surface area contributed by atoms with Gasteiger partial charge in [0.05, 0.1) is 0 Å². The van der Waals surface area contributed by atoms with Crippen LogP contribution in [-0.4, -0.2) is 47.0 Å². The van der Waals surface area contributed by atoms with Gasteiger partial charge >= 0.3 is 0 Å². The summed E-state index contributed by atoms with van der Waals surface area (Å²) in [5, 5.41) is 14.3. The Labute approximate surface area is 173 Å². The molecule has 29 heavy (non-hydrogen) atoms. The first kappa shape index (κ1) is 20.6. The molecule has 0 radical (unpaired) electrons. The van der Waals surface area contributed by atoms with E-state index in [1.807, 2.05) is 25.2 Å². The highest BCUT2D eigenvalue weighted by atomic mass is 32.1. The molecule has 0 aliphatic heterocycles. The number of likely N-dealkylation sites (N-methyl/N-ethyl adjacent to an activating group) is 1. The molecule has 1 heterocycles. The van der Waals surface area contributed by atoms with Crippen molar-refractivity contribution in [3.8, 4) is 0 Å². The normalized spacial score (nSPS) is 10.7. The highest BCUT2D eigenvalue weighted by molar-refractivity contribution is 7.13. The Kier molecular flexibility index (Phi) is 7.04. The monoisotopic (exact) mass is 409 g/mol. The molecule has 0 fully saturated rings. The SMILES string of the molecule is Cc1nnc(C(=O)Nc2cccc(C(=O)NCCN(C)Cc3ccccc3)c2)s1. The average Bonchev–Trinajstić information content (AvgIpc) is 3.15. The van der Waals surface area contributed by atoms with Gasteiger partial charge < -0.3 is 15.5 Å². The Morgan fingerprint density at radius 2 is 1.83 bits per heavy atom. The van der Waals surface area contributed by atoms with Crippen LogP contribution < -0.4 is 10.6 Å². The second-order valence-corrected chi connectivity index (χ2v) is 7.82. The van der Waals surface area contributed by atoms with Gasteiger partial charge in [0.1, 0.15) is 5.01 Å². The van der Waals surface area contributed by atoms with Crippen molar-refractivity contribution in [3.63, 3.8) is 0 Å². The molecule has 7 nitrogen and oxygen atoms in total. The van der Waals surface area contributed by atoms with Crippen molar-refractivity contribution in [2.45, 2.75) is 13.5 Å². The number of carbonyl (C=O) groups is 2. The third kappa shape index (κ3) is 6.20. The Hall–Kier alpha value is -3.10. The summed E-state index contributed by atoms with van der Waals surface area (Å²) in [7, 11) is 2.02. The van der Waals surface area contributed by atoms with E-state index in [-0.39, 0.29) is 11.8 Å². The minimum atomic E-state index is -0.337. The van der Waals surface area contributed by atoms with E-state index < -0.39 is 0 Å². The number of nitrogens with one attached hydrogen (secondary N) is 2. The van der Waals surface area contributed by atoms with E-state index in [0.717, 1.165) is 18.1 Å². The summed E-state index contributed by atoms with van der Waals surface area (Å²) < 4.78 is 0. The van der Waals surface area contributed by atoms with Gasteiger partial charge in [-0.3, -0.25) is 9.59 Å². The Bertz CT molecular complexity index is 974. The molecule has 1 aromatic heterocycles. The van der Waals surface area contributed by atoms with Crippen LogP contribution in [0.1, 0.15) is 30.7 Å². The highest BCUT2D eigenvalue weighted by Crippen LogP contribution is 2.14. The molecule has 2 amide bonds. The van der Waals surface area contributed by atoms with Crippen LogP contribution in [0.15, 0.2) is 54.6 Å². The van der Waals surface area contributed by atoms with Gasteiger partial charge in [-0.15, -0.1) is 10.2 Å². The van der Waals surface area contributed by atoms with Crippen LogP contribution in [0.2, 0.25) is 0 Å². The number of carbonyl (C=O) groups excluding carboxylic acids is 2. The number of nitrogens with zero attached hydrogens (tertiary/aromatic N) is 3. The first-order chi connectivity index (χ1) is 14.0. The van der Waals surface area contributed by atoms with Crippen LogP contribution in [0.5, 0.6) is 0 Å². The predicted molar refractivity (Wildman–Crippen MR) is 114 cm³/mol. The molecule has 2 aromatic carbocycles. The quantitative estimate of drug-likeness (QED) is 0.597. The molecule has 3 aromatic rings. The standard InChI is InChI=1S/C21H23N5O2S/c1-15-24-25-21(29-15)20(28)23-18-10-6-9-17(13-18)19(27)22-11-12-26(2)14-16-7-4-3-5-8-16/h3-10,13H,11-12,14H2,1-2H3,(H,22,27)(H,23,28). The summed E-state index contributed by atoms with van der Waals surface area (Å²) in [6.45, 7) is 3.87. The van der Waals surface area contributed by atoms with E-state index in [1.54, 1.807) is 31.2 Å². The van der Waals surface area contributed by atoms with Gasteiger partial charge in [-0.25, -0.2) is 0 Å². The number of hydrogen-bond acceptors (Lipinski definition) is 6. The maximum atomic E-state index is 12.4. The van der Waals surface area contributed by atoms with E-state index in [9.17, 15) is 9.59 Å². The van der Waals surface area contributed by atoms with Gasteiger partial charge in [0, 0.05) is 30.9 Å². The number of anilines is 1. The fourth-order valence-corrected chi connectivity index (χ4v) is 3.33. The molecule has 150 valence electrons. The molecule has 0 saturated carbocycles. The fraction of sp³-hybridized carbons (Fsp3) is 0.238. The summed E-state index contributed by atoms with van der Waals surface area (Å²) >= 11 is 1.22. The molecule has 0 aliphatic rings. The van der Waals surface area contributed by atoms with Crippen molar-refractivity contribution in [2.75, 3.05) is 25.5 Å². The average molecular weight is 410 g/mol. The zero-order valence-electron chi connectivity index (χ0n) is 16.4. The molecule has 0 spiro atoms. The molecule has 2 N–H and O–H groups in total. The molecular weight excluding hydrogens is 386 g/mol. The number of aromatic nitrogens is 2. The van der Waals surface area contributed by atoms with Crippen molar-refractivity contribution in [3.05, 3.63) is 75.7 Å². The number of aryl methyl sites for hydroxylation is 1. The van der Waals surface area contributed by atoms with Gasteiger partial charge in [-0.1, -0.05) is 47.7 Å². The molecule has 0 aliphatic carbocycles. The fourth-order valence-electron chi connectivity index (χ4n) is 2.75. The lowest BCUT2D eigenvalue weighted by molar-refractivity contribution is 0.0948. The van der Waals surface area contributed by atoms with Crippen LogP contribution in [0.25, 0.3) is 0 Å². The van der Waals surface area contributed by atoms with Crippen LogP contribution in [0.3, 0.4) is 0 Å². The van der Waals surface area contributed by atoms with Crippen molar-refractivity contribution in [1.82, 2.24) is 20.4 Å². The molecule has 8 heteroatoms. The minimum Gasteiger partial charge on any atom is -0.351 e. The molecule has 0 atom stereocenters. The molecular formula is C21H23N5O2S.